The molecule has 0 bridgehead atoms. The van der Waals surface area contributed by atoms with Crippen LogP contribution in [0.15, 0.2) is 36.4 Å². The Hall–Kier alpha value is -1.24. The number of benzene rings is 1. The third kappa shape index (κ3) is 6.83. The molecular weight excluding hydrogens is 208 g/mol. The fourth-order valence-corrected chi connectivity index (χ4v) is 1.83. The van der Waals surface area contributed by atoms with E-state index in [1.165, 1.54) is 37.7 Å². The van der Waals surface area contributed by atoms with Gasteiger partial charge in [-0.05, 0) is 49.8 Å². The molecule has 1 heteroatoms. The molecule has 0 spiro atoms. The van der Waals surface area contributed by atoms with E-state index in [2.05, 4.69) is 19.1 Å². The predicted molar refractivity (Wildman–Crippen MR) is 74.3 cm³/mol. The Morgan fingerprint density at radius 1 is 0.941 bits per heavy atom. The number of phenolic OH excluding ortho intramolecular Hbond substituents is 1. The lowest BCUT2D eigenvalue weighted by Gasteiger charge is -1.99. The SMILES string of the molecule is CCCCCC=CCCCc1ccc(O)cc1. The summed E-state index contributed by atoms with van der Waals surface area (Å²) in [6.45, 7) is 2.24. The molecule has 0 aliphatic heterocycles. The van der Waals surface area contributed by atoms with Crippen molar-refractivity contribution < 1.29 is 5.11 Å². The second-order valence-electron chi connectivity index (χ2n) is 4.53. The first-order chi connectivity index (χ1) is 8.33. The van der Waals surface area contributed by atoms with Crippen LogP contribution in [0.1, 0.15) is 51.0 Å². The lowest BCUT2D eigenvalue weighted by atomic mass is 10.1. The fraction of sp³-hybridized carbons (Fsp3) is 0.500. The average molecular weight is 232 g/mol. The summed E-state index contributed by atoms with van der Waals surface area (Å²) in [5.41, 5.74) is 1.31. The van der Waals surface area contributed by atoms with Crippen molar-refractivity contribution in [3.05, 3.63) is 42.0 Å². The molecule has 0 radical (unpaired) electrons. The molecule has 1 aromatic rings. The van der Waals surface area contributed by atoms with Gasteiger partial charge < -0.3 is 5.11 Å². The van der Waals surface area contributed by atoms with Gasteiger partial charge in [-0.1, -0.05) is 44.1 Å². The van der Waals surface area contributed by atoms with E-state index in [-0.39, 0.29) is 0 Å². The van der Waals surface area contributed by atoms with E-state index in [1.54, 1.807) is 12.1 Å². The summed E-state index contributed by atoms with van der Waals surface area (Å²) in [6, 6.07) is 7.52. The van der Waals surface area contributed by atoms with Gasteiger partial charge in [-0.3, -0.25) is 0 Å². The topological polar surface area (TPSA) is 20.2 Å². The standard InChI is InChI=1S/C16H24O/c1-2-3-4-5-6-7-8-9-10-15-11-13-16(17)14-12-15/h6-7,11-14,17H,2-5,8-10H2,1H3. The minimum Gasteiger partial charge on any atom is -0.508 e. The number of allylic oxidation sites excluding steroid dienone is 2. The van der Waals surface area contributed by atoms with Gasteiger partial charge in [-0.25, -0.2) is 0 Å². The molecule has 94 valence electrons. The maximum atomic E-state index is 9.16. The molecule has 0 aromatic heterocycles. The Kier molecular flexibility index (Phi) is 7.20. The Morgan fingerprint density at radius 3 is 2.24 bits per heavy atom. The van der Waals surface area contributed by atoms with Gasteiger partial charge in [0.05, 0.1) is 0 Å². The zero-order valence-corrected chi connectivity index (χ0v) is 10.9. The summed E-state index contributed by atoms with van der Waals surface area (Å²) in [7, 11) is 0. The molecule has 0 aliphatic rings. The monoisotopic (exact) mass is 232 g/mol. The highest BCUT2D eigenvalue weighted by Crippen LogP contribution is 2.12. The molecule has 1 nitrogen and oxygen atoms in total. The van der Waals surface area contributed by atoms with Gasteiger partial charge in [0, 0.05) is 0 Å². The van der Waals surface area contributed by atoms with Crippen LogP contribution >= 0.6 is 0 Å². The number of aromatic hydroxyl groups is 1. The van der Waals surface area contributed by atoms with Gasteiger partial charge in [0.2, 0.25) is 0 Å². The van der Waals surface area contributed by atoms with E-state index >= 15 is 0 Å². The normalized spacial score (nSPS) is 11.1. The molecule has 0 aliphatic carbocycles. The molecule has 0 saturated carbocycles. The molecule has 17 heavy (non-hydrogen) atoms. The van der Waals surface area contributed by atoms with Crippen molar-refractivity contribution in [2.75, 3.05) is 0 Å². The molecule has 0 heterocycles. The Labute approximate surface area is 105 Å². The fourth-order valence-electron chi connectivity index (χ4n) is 1.83. The van der Waals surface area contributed by atoms with Crippen LogP contribution in [0.25, 0.3) is 0 Å². The van der Waals surface area contributed by atoms with Crippen LogP contribution < -0.4 is 0 Å². The van der Waals surface area contributed by atoms with E-state index in [4.69, 9.17) is 5.11 Å². The molecule has 1 N–H and O–H groups in total. The van der Waals surface area contributed by atoms with E-state index < -0.39 is 0 Å². The van der Waals surface area contributed by atoms with Gasteiger partial charge in [-0.2, -0.15) is 0 Å². The van der Waals surface area contributed by atoms with Crippen LogP contribution in [0.4, 0.5) is 0 Å². The first kappa shape index (κ1) is 13.8. The minimum absolute atomic E-state index is 0.351. The zero-order chi connectivity index (χ0) is 12.3. The van der Waals surface area contributed by atoms with Gasteiger partial charge in [0.15, 0.2) is 0 Å². The van der Waals surface area contributed by atoms with E-state index in [0.29, 0.717) is 5.75 Å². The number of phenols is 1. The zero-order valence-electron chi connectivity index (χ0n) is 10.9. The second kappa shape index (κ2) is 8.86. The Balaban J connectivity index is 2.05. The Bertz CT molecular complexity index is 311. The second-order valence-corrected chi connectivity index (χ2v) is 4.53. The summed E-state index contributed by atoms with van der Waals surface area (Å²) in [4.78, 5) is 0. The van der Waals surface area contributed by atoms with Crippen LogP contribution in [0, 0.1) is 0 Å². The summed E-state index contributed by atoms with van der Waals surface area (Å²) in [6.07, 6.45) is 13.3. The minimum atomic E-state index is 0.351. The molecular formula is C16H24O. The van der Waals surface area contributed by atoms with Crippen LogP contribution in [-0.4, -0.2) is 5.11 Å². The lowest BCUT2D eigenvalue weighted by molar-refractivity contribution is 0.475. The average Bonchev–Trinajstić information content (AvgIpc) is 2.35. The lowest BCUT2D eigenvalue weighted by Crippen LogP contribution is -1.83. The molecule has 1 aromatic carbocycles. The molecule has 1 rings (SSSR count). The van der Waals surface area contributed by atoms with Crippen LogP contribution in [0.2, 0.25) is 0 Å². The van der Waals surface area contributed by atoms with Gasteiger partial charge >= 0.3 is 0 Å². The maximum Gasteiger partial charge on any atom is 0.115 e. The first-order valence-electron chi connectivity index (χ1n) is 6.76. The third-order valence-corrected chi connectivity index (χ3v) is 2.91. The summed E-state index contributed by atoms with van der Waals surface area (Å²) < 4.78 is 0. The molecule has 0 amide bonds. The largest absolute Gasteiger partial charge is 0.508 e. The number of unbranched alkanes of at least 4 members (excludes halogenated alkanes) is 4. The van der Waals surface area contributed by atoms with E-state index in [9.17, 15) is 0 Å². The highest BCUT2D eigenvalue weighted by Gasteiger charge is 1.92. The molecule has 0 unspecified atom stereocenters. The van der Waals surface area contributed by atoms with Crippen molar-refractivity contribution in [1.82, 2.24) is 0 Å². The smallest absolute Gasteiger partial charge is 0.115 e. The summed E-state index contributed by atoms with van der Waals surface area (Å²) >= 11 is 0. The molecule has 0 fully saturated rings. The van der Waals surface area contributed by atoms with Crippen LogP contribution in [0.3, 0.4) is 0 Å². The van der Waals surface area contributed by atoms with Crippen molar-refractivity contribution >= 4 is 0 Å². The van der Waals surface area contributed by atoms with Gasteiger partial charge in [0.1, 0.15) is 5.75 Å². The van der Waals surface area contributed by atoms with Gasteiger partial charge in [0.25, 0.3) is 0 Å². The van der Waals surface area contributed by atoms with Crippen molar-refractivity contribution in [2.24, 2.45) is 0 Å². The van der Waals surface area contributed by atoms with Gasteiger partial charge in [-0.15, -0.1) is 0 Å². The van der Waals surface area contributed by atoms with Crippen molar-refractivity contribution in [3.8, 4) is 5.75 Å². The molecule has 0 saturated heterocycles. The van der Waals surface area contributed by atoms with Crippen LogP contribution in [0.5, 0.6) is 5.75 Å². The van der Waals surface area contributed by atoms with Crippen molar-refractivity contribution in [3.63, 3.8) is 0 Å². The number of hydrogen-bond donors (Lipinski definition) is 1. The molecule has 0 atom stereocenters. The number of aryl methyl sites for hydroxylation is 1. The number of hydrogen-bond acceptors (Lipinski definition) is 1. The van der Waals surface area contributed by atoms with Crippen molar-refractivity contribution in [1.29, 1.82) is 0 Å². The summed E-state index contributed by atoms with van der Waals surface area (Å²) in [5, 5.41) is 9.16. The third-order valence-electron chi connectivity index (χ3n) is 2.91. The summed E-state index contributed by atoms with van der Waals surface area (Å²) in [5.74, 6) is 0.351. The van der Waals surface area contributed by atoms with E-state index in [0.717, 1.165) is 12.8 Å². The first-order valence-corrected chi connectivity index (χ1v) is 6.76. The highest BCUT2D eigenvalue weighted by molar-refractivity contribution is 5.25. The number of rotatable bonds is 8. The van der Waals surface area contributed by atoms with E-state index in [1.807, 2.05) is 12.1 Å². The van der Waals surface area contributed by atoms with Crippen molar-refractivity contribution in [2.45, 2.75) is 51.9 Å². The Morgan fingerprint density at radius 2 is 1.59 bits per heavy atom. The maximum absolute atomic E-state index is 9.16. The van der Waals surface area contributed by atoms with Crippen LogP contribution in [-0.2, 0) is 6.42 Å². The highest BCUT2D eigenvalue weighted by atomic mass is 16.3. The quantitative estimate of drug-likeness (QED) is 0.501. The predicted octanol–water partition coefficient (Wildman–Crippen LogP) is 4.85.